The molecule has 0 atom stereocenters. The maximum atomic E-state index is 12.0. The predicted molar refractivity (Wildman–Crippen MR) is 88.4 cm³/mol. The minimum Gasteiger partial charge on any atom is -0.339 e. The fourth-order valence-corrected chi connectivity index (χ4v) is 3.82. The van der Waals surface area contributed by atoms with E-state index in [9.17, 15) is 8.42 Å². The second-order valence-corrected chi connectivity index (χ2v) is 7.63. The molecule has 0 amide bonds. The van der Waals surface area contributed by atoms with Crippen molar-refractivity contribution < 1.29 is 12.9 Å². The molecule has 8 heteroatoms. The van der Waals surface area contributed by atoms with Crippen LogP contribution in [0.2, 0.25) is 0 Å². The lowest BCUT2D eigenvalue weighted by molar-refractivity contribution is 0.379. The summed E-state index contributed by atoms with van der Waals surface area (Å²) in [5.74, 6) is 0.899. The van der Waals surface area contributed by atoms with Crippen molar-refractivity contribution in [1.29, 1.82) is 0 Å². The quantitative estimate of drug-likeness (QED) is 0.708. The number of sulfonamides is 1. The lowest BCUT2D eigenvalue weighted by Gasteiger charge is -2.05. The Morgan fingerprint density at radius 2 is 1.96 bits per heavy atom. The molecular weight excluding hydrogens is 334 g/mol. The van der Waals surface area contributed by atoms with Gasteiger partial charge in [-0.2, -0.15) is 4.98 Å². The molecule has 3 aromatic rings. The lowest BCUT2D eigenvalue weighted by atomic mass is 10.2. The molecule has 0 aliphatic carbocycles. The van der Waals surface area contributed by atoms with Crippen LogP contribution >= 0.6 is 11.3 Å². The number of rotatable bonds is 7. The predicted octanol–water partition coefficient (Wildman–Crippen LogP) is 2.46. The molecule has 0 fully saturated rings. The van der Waals surface area contributed by atoms with Gasteiger partial charge in [0.25, 0.3) is 0 Å². The highest BCUT2D eigenvalue weighted by molar-refractivity contribution is 7.88. The summed E-state index contributed by atoms with van der Waals surface area (Å²) < 4.78 is 31.7. The van der Waals surface area contributed by atoms with E-state index in [0.29, 0.717) is 18.1 Å². The van der Waals surface area contributed by atoms with Gasteiger partial charge in [-0.15, -0.1) is 11.3 Å². The molecule has 23 heavy (non-hydrogen) atoms. The molecule has 120 valence electrons. The minimum atomic E-state index is -3.38. The van der Waals surface area contributed by atoms with Crippen LogP contribution in [-0.4, -0.2) is 25.1 Å². The van der Waals surface area contributed by atoms with E-state index in [1.807, 2.05) is 35.7 Å². The molecule has 0 radical (unpaired) electrons. The molecule has 3 rings (SSSR count). The van der Waals surface area contributed by atoms with E-state index in [2.05, 4.69) is 14.9 Å². The summed E-state index contributed by atoms with van der Waals surface area (Å²) in [6.45, 7) is 0.223. The van der Waals surface area contributed by atoms with Crippen molar-refractivity contribution in [3.05, 3.63) is 59.3 Å². The average Bonchev–Trinajstić information content (AvgIpc) is 3.18. The average molecular weight is 349 g/mol. The van der Waals surface area contributed by atoms with E-state index in [1.165, 1.54) is 11.3 Å². The molecule has 0 saturated carbocycles. The van der Waals surface area contributed by atoms with Crippen molar-refractivity contribution in [1.82, 2.24) is 14.9 Å². The molecule has 0 unspecified atom stereocenters. The molecule has 2 heterocycles. The number of thiophene rings is 1. The van der Waals surface area contributed by atoms with Gasteiger partial charge in [0.2, 0.25) is 21.7 Å². The topological polar surface area (TPSA) is 85.1 Å². The fraction of sp³-hybridized carbons (Fsp3) is 0.200. The highest BCUT2D eigenvalue weighted by atomic mass is 32.2. The van der Waals surface area contributed by atoms with Crippen molar-refractivity contribution in [2.24, 2.45) is 0 Å². The molecule has 0 bridgehead atoms. The first-order valence-electron chi connectivity index (χ1n) is 7.00. The summed E-state index contributed by atoms with van der Waals surface area (Å²) in [4.78, 5) is 5.18. The molecule has 1 aromatic carbocycles. The van der Waals surface area contributed by atoms with Gasteiger partial charge in [0.05, 0.1) is 10.6 Å². The van der Waals surface area contributed by atoms with Crippen LogP contribution in [-0.2, 0) is 22.2 Å². The highest BCUT2D eigenvalue weighted by Crippen LogP contribution is 2.21. The first-order valence-corrected chi connectivity index (χ1v) is 9.53. The summed E-state index contributed by atoms with van der Waals surface area (Å²) in [5.41, 5.74) is 0.748. The third-order valence-electron chi connectivity index (χ3n) is 3.07. The van der Waals surface area contributed by atoms with Crippen LogP contribution in [0.1, 0.15) is 11.5 Å². The van der Waals surface area contributed by atoms with Crippen LogP contribution < -0.4 is 4.72 Å². The van der Waals surface area contributed by atoms with E-state index < -0.39 is 10.0 Å². The van der Waals surface area contributed by atoms with Gasteiger partial charge in [-0.25, -0.2) is 13.1 Å². The van der Waals surface area contributed by atoms with Crippen molar-refractivity contribution >= 4 is 21.4 Å². The number of nitrogens with zero attached hydrogens (tertiary/aromatic N) is 2. The normalized spacial score (nSPS) is 11.7. The first-order chi connectivity index (χ1) is 11.1. The SMILES string of the molecule is O=S(=O)(Cc1ccccc1)NCCc1nc(-c2cccs2)no1. The van der Waals surface area contributed by atoms with Crippen molar-refractivity contribution in [3.8, 4) is 10.7 Å². The fourth-order valence-electron chi connectivity index (χ4n) is 2.02. The molecule has 0 aliphatic rings. The summed E-state index contributed by atoms with van der Waals surface area (Å²) >= 11 is 1.52. The number of nitrogens with one attached hydrogen (secondary N) is 1. The van der Waals surface area contributed by atoms with Gasteiger partial charge >= 0.3 is 0 Å². The van der Waals surface area contributed by atoms with Crippen LogP contribution in [0.25, 0.3) is 10.7 Å². The van der Waals surface area contributed by atoms with Crippen LogP contribution in [0.15, 0.2) is 52.4 Å². The van der Waals surface area contributed by atoms with Gasteiger partial charge < -0.3 is 4.52 Å². The molecule has 0 aliphatic heterocycles. The Morgan fingerprint density at radius 3 is 2.70 bits per heavy atom. The third kappa shape index (κ3) is 4.47. The van der Waals surface area contributed by atoms with E-state index in [-0.39, 0.29) is 12.3 Å². The standard InChI is InChI=1S/C15H15N3O3S2/c19-23(20,11-12-5-2-1-3-6-12)16-9-8-14-17-15(18-21-14)13-7-4-10-22-13/h1-7,10,16H,8-9,11H2. The molecule has 0 saturated heterocycles. The monoisotopic (exact) mass is 349 g/mol. The number of hydrogen-bond acceptors (Lipinski definition) is 6. The summed E-state index contributed by atoms with van der Waals surface area (Å²) in [5, 5.41) is 5.82. The van der Waals surface area contributed by atoms with Gasteiger partial charge in [0.1, 0.15) is 0 Å². The molecule has 2 aromatic heterocycles. The second-order valence-electron chi connectivity index (χ2n) is 4.88. The Morgan fingerprint density at radius 1 is 1.13 bits per heavy atom. The molecule has 0 spiro atoms. The van der Waals surface area contributed by atoms with Crippen LogP contribution in [0.5, 0.6) is 0 Å². The van der Waals surface area contributed by atoms with Crippen molar-refractivity contribution in [2.45, 2.75) is 12.2 Å². The zero-order valence-corrected chi connectivity index (χ0v) is 13.8. The van der Waals surface area contributed by atoms with Gasteiger partial charge in [0.15, 0.2) is 0 Å². The summed E-state index contributed by atoms with van der Waals surface area (Å²) in [7, 11) is -3.38. The van der Waals surface area contributed by atoms with Crippen LogP contribution in [0, 0.1) is 0 Å². The lowest BCUT2D eigenvalue weighted by Crippen LogP contribution is -2.27. The van der Waals surface area contributed by atoms with Gasteiger partial charge in [0, 0.05) is 13.0 Å². The Kier molecular flexibility index (Phi) is 4.85. The number of benzene rings is 1. The third-order valence-corrected chi connectivity index (χ3v) is 5.29. The Hall–Kier alpha value is -2.03. The minimum absolute atomic E-state index is 0.0435. The first kappa shape index (κ1) is 15.9. The van der Waals surface area contributed by atoms with E-state index in [0.717, 1.165) is 10.4 Å². The van der Waals surface area contributed by atoms with E-state index >= 15 is 0 Å². The Balaban J connectivity index is 1.53. The van der Waals surface area contributed by atoms with Crippen LogP contribution in [0.3, 0.4) is 0 Å². The Labute approximate surface area is 138 Å². The second kappa shape index (κ2) is 7.03. The van der Waals surface area contributed by atoms with Crippen molar-refractivity contribution in [3.63, 3.8) is 0 Å². The maximum Gasteiger partial charge on any atom is 0.228 e. The number of aromatic nitrogens is 2. The zero-order valence-electron chi connectivity index (χ0n) is 12.2. The van der Waals surface area contributed by atoms with Crippen molar-refractivity contribution in [2.75, 3.05) is 6.54 Å². The zero-order chi connectivity index (χ0) is 16.1. The summed E-state index contributed by atoms with van der Waals surface area (Å²) in [6, 6.07) is 12.9. The molecule has 6 nitrogen and oxygen atoms in total. The number of hydrogen-bond donors (Lipinski definition) is 1. The van der Waals surface area contributed by atoms with E-state index in [4.69, 9.17) is 4.52 Å². The Bertz CT molecular complexity index is 843. The smallest absolute Gasteiger partial charge is 0.228 e. The summed E-state index contributed by atoms with van der Waals surface area (Å²) in [6.07, 6.45) is 0.354. The van der Waals surface area contributed by atoms with Gasteiger partial charge in [-0.05, 0) is 17.0 Å². The van der Waals surface area contributed by atoms with Gasteiger partial charge in [-0.1, -0.05) is 41.6 Å². The molecule has 1 N–H and O–H groups in total. The maximum absolute atomic E-state index is 12.0. The van der Waals surface area contributed by atoms with Gasteiger partial charge in [-0.3, -0.25) is 0 Å². The largest absolute Gasteiger partial charge is 0.339 e. The van der Waals surface area contributed by atoms with Crippen LogP contribution in [0.4, 0.5) is 0 Å². The highest BCUT2D eigenvalue weighted by Gasteiger charge is 2.13. The van der Waals surface area contributed by atoms with E-state index in [1.54, 1.807) is 12.1 Å². The molecular formula is C15H15N3O3S2.